The van der Waals surface area contributed by atoms with Crippen LogP contribution in [-0.4, -0.2) is 0 Å². The first kappa shape index (κ1) is 27.9. The summed E-state index contributed by atoms with van der Waals surface area (Å²) in [6.07, 6.45) is 29.5. The van der Waals surface area contributed by atoms with Crippen LogP contribution in [0.3, 0.4) is 0 Å². The molecule has 0 radical (unpaired) electrons. The highest BCUT2D eigenvalue weighted by Crippen LogP contribution is 2.21. The lowest BCUT2D eigenvalue weighted by atomic mass is 9.89. The molecule has 0 N–H and O–H groups in total. The molecule has 156 valence electrons. The van der Waals surface area contributed by atoms with Gasteiger partial charge in [-0.05, 0) is 62.7 Å². The lowest BCUT2D eigenvalue weighted by molar-refractivity contribution is 0.370. The molecule has 0 saturated heterocycles. The van der Waals surface area contributed by atoms with Gasteiger partial charge in [0.2, 0.25) is 0 Å². The molecule has 0 heteroatoms. The fourth-order valence-electron chi connectivity index (χ4n) is 2.99. The van der Waals surface area contributed by atoms with Crippen molar-refractivity contribution in [3.8, 4) is 0 Å². The van der Waals surface area contributed by atoms with Crippen molar-refractivity contribution in [1.82, 2.24) is 0 Å². The molecule has 0 aromatic carbocycles. The molecule has 0 aliphatic carbocycles. The zero-order valence-electron chi connectivity index (χ0n) is 19.1. The van der Waals surface area contributed by atoms with E-state index in [1.807, 2.05) is 0 Å². The predicted octanol–water partition coefficient (Wildman–Crippen LogP) is 9.47. The van der Waals surface area contributed by atoms with Gasteiger partial charge < -0.3 is 0 Å². The number of hydrogen-bond acceptors (Lipinski definition) is 0. The first-order valence-electron chi connectivity index (χ1n) is 11.2. The molecule has 0 aliphatic rings. The number of hydrogen-bond donors (Lipinski definition) is 0. The predicted molar refractivity (Wildman–Crippen MR) is 128 cm³/mol. The SMILES string of the molecule is C=C.CC/C=C\C/C=C\CC(C)C(C)CC/C=C/C=C\CCC(C)CCC. The van der Waals surface area contributed by atoms with Crippen molar-refractivity contribution in [2.45, 2.75) is 92.4 Å². The van der Waals surface area contributed by atoms with E-state index in [0.29, 0.717) is 0 Å². The van der Waals surface area contributed by atoms with Crippen LogP contribution in [0.1, 0.15) is 92.4 Å². The fourth-order valence-corrected chi connectivity index (χ4v) is 2.99. The summed E-state index contributed by atoms with van der Waals surface area (Å²) in [6.45, 7) is 17.6. The number of rotatable bonds is 15. The van der Waals surface area contributed by atoms with Gasteiger partial charge in [-0.3, -0.25) is 0 Å². The molecule has 0 aromatic heterocycles. The van der Waals surface area contributed by atoms with Gasteiger partial charge in [0.25, 0.3) is 0 Å². The molecule has 3 atom stereocenters. The Morgan fingerprint density at radius 1 is 0.667 bits per heavy atom. The molecular formula is C27H48. The van der Waals surface area contributed by atoms with Gasteiger partial charge in [0, 0.05) is 0 Å². The third-order valence-corrected chi connectivity index (χ3v) is 5.10. The summed E-state index contributed by atoms with van der Waals surface area (Å²) >= 11 is 0. The summed E-state index contributed by atoms with van der Waals surface area (Å²) in [5.74, 6) is 2.44. The zero-order chi connectivity index (χ0) is 20.8. The Hall–Kier alpha value is -1.30. The van der Waals surface area contributed by atoms with E-state index in [9.17, 15) is 0 Å². The smallest absolute Gasteiger partial charge is 0.0169 e. The maximum Gasteiger partial charge on any atom is -0.0169 e. The van der Waals surface area contributed by atoms with Crippen LogP contribution < -0.4 is 0 Å². The minimum atomic E-state index is 0.774. The third kappa shape index (κ3) is 20.9. The highest BCUT2D eigenvalue weighted by molar-refractivity contribution is 5.02. The molecule has 0 fully saturated rings. The molecule has 0 spiro atoms. The van der Waals surface area contributed by atoms with Gasteiger partial charge in [0.1, 0.15) is 0 Å². The molecule has 0 nitrogen and oxygen atoms in total. The van der Waals surface area contributed by atoms with Crippen LogP contribution in [0.15, 0.2) is 61.8 Å². The first-order chi connectivity index (χ1) is 13.1. The highest BCUT2D eigenvalue weighted by atomic mass is 14.1. The van der Waals surface area contributed by atoms with Gasteiger partial charge in [-0.1, -0.05) is 96.1 Å². The zero-order valence-corrected chi connectivity index (χ0v) is 19.1. The van der Waals surface area contributed by atoms with Gasteiger partial charge >= 0.3 is 0 Å². The monoisotopic (exact) mass is 372 g/mol. The summed E-state index contributed by atoms with van der Waals surface area (Å²) in [5.41, 5.74) is 0. The van der Waals surface area contributed by atoms with Crippen LogP contribution in [0.5, 0.6) is 0 Å². The second kappa shape index (κ2) is 22.7. The largest absolute Gasteiger partial charge is 0.106 e. The topological polar surface area (TPSA) is 0 Å². The summed E-state index contributed by atoms with van der Waals surface area (Å²) in [5, 5.41) is 0. The van der Waals surface area contributed by atoms with E-state index in [4.69, 9.17) is 0 Å². The third-order valence-electron chi connectivity index (χ3n) is 5.10. The van der Waals surface area contributed by atoms with E-state index in [0.717, 1.165) is 30.6 Å². The molecule has 27 heavy (non-hydrogen) atoms. The van der Waals surface area contributed by atoms with Crippen LogP contribution >= 0.6 is 0 Å². The molecule has 0 aromatic rings. The maximum atomic E-state index is 3.00. The van der Waals surface area contributed by atoms with Gasteiger partial charge in [0.05, 0.1) is 0 Å². The molecule has 3 unspecified atom stereocenters. The van der Waals surface area contributed by atoms with E-state index < -0.39 is 0 Å². The van der Waals surface area contributed by atoms with Crippen LogP contribution in [0, 0.1) is 17.8 Å². The van der Waals surface area contributed by atoms with Gasteiger partial charge in [-0.25, -0.2) is 0 Å². The van der Waals surface area contributed by atoms with Crippen molar-refractivity contribution in [3.63, 3.8) is 0 Å². The van der Waals surface area contributed by atoms with E-state index in [1.54, 1.807) is 0 Å². The normalized spacial score (nSPS) is 15.4. The molecule has 0 heterocycles. The summed E-state index contributed by atoms with van der Waals surface area (Å²) in [4.78, 5) is 0. The molecule has 0 bridgehead atoms. The Morgan fingerprint density at radius 2 is 1.26 bits per heavy atom. The molecular weight excluding hydrogens is 324 g/mol. The molecule has 0 amide bonds. The molecule has 0 aliphatic heterocycles. The van der Waals surface area contributed by atoms with Crippen molar-refractivity contribution in [2.75, 3.05) is 0 Å². The maximum absolute atomic E-state index is 3.00. The summed E-state index contributed by atoms with van der Waals surface area (Å²) in [7, 11) is 0. The van der Waals surface area contributed by atoms with Crippen LogP contribution in [0.4, 0.5) is 0 Å². The van der Waals surface area contributed by atoms with Crippen molar-refractivity contribution >= 4 is 0 Å². The van der Waals surface area contributed by atoms with E-state index >= 15 is 0 Å². The van der Waals surface area contributed by atoms with E-state index in [2.05, 4.69) is 96.4 Å². The van der Waals surface area contributed by atoms with Gasteiger partial charge in [-0.15, -0.1) is 13.2 Å². The number of allylic oxidation sites excluding steroid dienone is 8. The quantitative estimate of drug-likeness (QED) is 0.198. The fraction of sp³-hybridized carbons (Fsp3) is 0.630. The highest BCUT2D eigenvalue weighted by Gasteiger charge is 2.09. The minimum absolute atomic E-state index is 0.774. The molecule has 0 saturated carbocycles. The van der Waals surface area contributed by atoms with Crippen molar-refractivity contribution in [3.05, 3.63) is 61.8 Å². The van der Waals surface area contributed by atoms with Crippen LogP contribution in [0.2, 0.25) is 0 Å². The van der Waals surface area contributed by atoms with Gasteiger partial charge in [0.15, 0.2) is 0 Å². The van der Waals surface area contributed by atoms with Crippen molar-refractivity contribution in [1.29, 1.82) is 0 Å². The second-order valence-electron chi connectivity index (χ2n) is 7.68. The Bertz CT molecular complexity index is 396. The van der Waals surface area contributed by atoms with Crippen molar-refractivity contribution in [2.24, 2.45) is 17.8 Å². The first-order valence-corrected chi connectivity index (χ1v) is 11.2. The lowest BCUT2D eigenvalue weighted by Crippen LogP contribution is -2.06. The van der Waals surface area contributed by atoms with Gasteiger partial charge in [-0.2, -0.15) is 0 Å². The second-order valence-corrected chi connectivity index (χ2v) is 7.68. The Kier molecular flexibility index (Phi) is 23.5. The average Bonchev–Trinajstić information content (AvgIpc) is 2.68. The minimum Gasteiger partial charge on any atom is -0.106 e. The average molecular weight is 373 g/mol. The summed E-state index contributed by atoms with van der Waals surface area (Å²) in [6, 6.07) is 0. The van der Waals surface area contributed by atoms with Crippen LogP contribution in [-0.2, 0) is 0 Å². The molecule has 0 rings (SSSR count). The van der Waals surface area contributed by atoms with E-state index in [-0.39, 0.29) is 0 Å². The Balaban J connectivity index is 0. The Morgan fingerprint density at radius 3 is 1.85 bits per heavy atom. The Labute approximate surface area is 172 Å². The van der Waals surface area contributed by atoms with E-state index in [1.165, 1.54) is 44.9 Å². The summed E-state index contributed by atoms with van der Waals surface area (Å²) < 4.78 is 0. The van der Waals surface area contributed by atoms with Crippen LogP contribution in [0.25, 0.3) is 0 Å². The van der Waals surface area contributed by atoms with Crippen molar-refractivity contribution < 1.29 is 0 Å². The standard InChI is InChI=1S/C25H44.C2H4/c1-6-8-9-10-14-17-21-24(4)25(5)22-18-15-12-11-13-16-20-23(3)19-7-2;1-2/h8-9,11-15,17,23-25H,6-7,10,16,18-22H2,1-5H3;1-2H2/b9-8-,13-11-,15-12+,17-14-;. The lowest BCUT2D eigenvalue weighted by Gasteiger charge is -2.17.